The predicted octanol–water partition coefficient (Wildman–Crippen LogP) is 1.73. The highest BCUT2D eigenvalue weighted by atomic mass is 16.4. The van der Waals surface area contributed by atoms with Gasteiger partial charge in [0, 0.05) is 42.4 Å². The number of amides is 2. The van der Waals surface area contributed by atoms with Crippen LogP contribution in [0.1, 0.15) is 63.7 Å². The van der Waals surface area contributed by atoms with Gasteiger partial charge in [-0.05, 0) is 75.2 Å². The summed E-state index contributed by atoms with van der Waals surface area (Å²) in [5, 5.41) is 46.6. The van der Waals surface area contributed by atoms with Gasteiger partial charge in [0.05, 0.1) is 37.2 Å². The summed E-state index contributed by atoms with van der Waals surface area (Å²) < 4.78 is 0. The van der Waals surface area contributed by atoms with Crippen LogP contribution in [-0.2, 0) is 25.7 Å². The van der Waals surface area contributed by atoms with Gasteiger partial charge in [0.25, 0.3) is 17.4 Å². The van der Waals surface area contributed by atoms with E-state index in [-0.39, 0.29) is 53.9 Å². The molecule has 0 bridgehead atoms. The Morgan fingerprint density at radius 3 is 1.92 bits per heavy atom. The van der Waals surface area contributed by atoms with E-state index in [1.807, 2.05) is 11.9 Å². The van der Waals surface area contributed by atoms with Crippen molar-refractivity contribution < 1.29 is 49.2 Å². The van der Waals surface area contributed by atoms with Crippen LogP contribution in [0.25, 0.3) is 11.2 Å². The van der Waals surface area contributed by atoms with Crippen molar-refractivity contribution in [2.75, 3.05) is 41.4 Å². The van der Waals surface area contributed by atoms with Crippen LogP contribution in [0.4, 0.5) is 28.7 Å². The minimum Gasteiger partial charge on any atom is -0.481 e. The lowest BCUT2D eigenvalue weighted by molar-refractivity contribution is -0.142. The van der Waals surface area contributed by atoms with E-state index in [0.29, 0.717) is 65.4 Å². The molecular weight excluding hydrogens is 851 g/mol. The molecule has 11 N–H and O–H groups in total. The number of carbonyl (C=O) groups excluding carboxylic acids is 2. The Balaban J connectivity index is 0.000000244. The Labute approximate surface area is 368 Å². The minimum atomic E-state index is -1.30. The number of nitrogen functional groups attached to an aromatic ring is 1. The summed E-state index contributed by atoms with van der Waals surface area (Å²) in [6, 6.07) is 10.3. The molecule has 0 saturated carbocycles. The zero-order chi connectivity index (χ0) is 47.4. The van der Waals surface area contributed by atoms with Crippen LogP contribution in [0, 0.1) is 13.8 Å². The van der Waals surface area contributed by atoms with Gasteiger partial charge in [0.1, 0.15) is 23.7 Å². The standard InChI is InChI=1S/C21H23N7O5.C20H22N6O6/c1-11-24-18(22)17-19(25-11)23-9-13(26-17)10-28(2)14-5-3-12(4-6-14)20(31)27-15(21(32)33)7-8-16(29)30;1-10-23-17-16(19(30)24-10)25-13(9-22-17)8-21-12-4-2-11(3-5-12)18(29)26-14(20(31)32)6-7-15(27)28/h3-6,9,15H,7-8,10H2,1-2H3,(H,27,31)(H,29,30)(H,32,33)(H2,22,23,24,25);2-5,14,21H,6-9H2,1H3,(H,26,29)(H,27,28)(H,31,32)(H2,22,23,24,30)/t15-;14-/m00/s1. The summed E-state index contributed by atoms with van der Waals surface area (Å²) >= 11 is 0. The molecular formula is C41H45N13O11. The minimum absolute atomic E-state index is 0.209. The summed E-state index contributed by atoms with van der Waals surface area (Å²) in [6.07, 6.45) is 0.447. The first kappa shape index (κ1) is 47.5. The topological polar surface area (TPSA) is 370 Å². The van der Waals surface area contributed by atoms with E-state index in [2.05, 4.69) is 56.2 Å². The van der Waals surface area contributed by atoms with Crippen LogP contribution in [0.2, 0.25) is 0 Å². The maximum atomic E-state index is 12.4. The Kier molecular flexibility index (Phi) is 15.7. The molecule has 4 heterocycles. The number of aryl methyl sites for hydroxylation is 2. The van der Waals surface area contributed by atoms with Crippen LogP contribution in [0.5, 0.6) is 0 Å². The second-order valence-electron chi connectivity index (χ2n) is 14.5. The monoisotopic (exact) mass is 895 g/mol. The molecule has 2 amide bonds. The number of aliphatic carboxylic acids is 4. The number of carboxylic acid groups (broad SMARTS) is 4. The van der Waals surface area contributed by atoms with Gasteiger partial charge in [-0.25, -0.2) is 39.5 Å². The number of hydrogen-bond donors (Lipinski definition) is 10. The number of carbonyl (C=O) groups is 6. The number of benzene rings is 2. The Bertz CT molecular complexity index is 2690. The van der Waals surface area contributed by atoms with Gasteiger partial charge in [-0.15, -0.1) is 0 Å². The van der Waals surface area contributed by atoms with Crippen molar-refractivity contribution >= 4 is 81.3 Å². The average molecular weight is 896 g/mol. The number of anilines is 4. The summed E-state index contributed by atoms with van der Waals surface area (Å²) in [4.78, 5) is 111. The number of nitrogens with two attached hydrogens (primary N) is 1. The normalized spacial score (nSPS) is 12.4. The van der Waals surface area contributed by atoms with Crippen molar-refractivity contribution in [3.8, 4) is 0 Å². The van der Waals surface area contributed by atoms with Gasteiger partial charge in [0.2, 0.25) is 0 Å². The Hall–Kier alpha value is -8.57. The van der Waals surface area contributed by atoms with Gasteiger partial charge in [-0.3, -0.25) is 24.0 Å². The van der Waals surface area contributed by atoms with E-state index in [4.69, 9.17) is 21.1 Å². The fraction of sp³-hybridized carbons (Fsp3) is 0.293. The number of nitrogens with zero attached hydrogens (tertiary/aromatic N) is 7. The largest absolute Gasteiger partial charge is 0.481 e. The summed E-state index contributed by atoms with van der Waals surface area (Å²) in [6.45, 7) is 4.58. The first-order valence-electron chi connectivity index (χ1n) is 19.7. The second-order valence-corrected chi connectivity index (χ2v) is 14.5. The van der Waals surface area contributed by atoms with Gasteiger partial charge in [-0.2, -0.15) is 0 Å². The fourth-order valence-electron chi connectivity index (χ4n) is 6.13. The van der Waals surface area contributed by atoms with Crippen LogP contribution in [0.3, 0.4) is 0 Å². The number of rotatable bonds is 18. The van der Waals surface area contributed by atoms with Crippen LogP contribution in [-0.4, -0.2) is 124 Å². The number of fused-ring (bicyclic) bond motifs is 2. The van der Waals surface area contributed by atoms with Gasteiger partial charge >= 0.3 is 23.9 Å². The number of aliphatic imine (C=N–C) groups is 1. The Morgan fingerprint density at radius 2 is 1.37 bits per heavy atom. The highest BCUT2D eigenvalue weighted by Crippen LogP contribution is 2.22. The van der Waals surface area contributed by atoms with Crippen molar-refractivity contribution in [3.05, 3.63) is 93.6 Å². The zero-order valence-corrected chi connectivity index (χ0v) is 35.2. The fourth-order valence-corrected chi connectivity index (χ4v) is 6.13. The first-order chi connectivity index (χ1) is 30.9. The molecule has 2 aromatic carbocycles. The highest BCUT2D eigenvalue weighted by Gasteiger charge is 2.23. The predicted molar refractivity (Wildman–Crippen MR) is 234 cm³/mol. The van der Waals surface area contributed by atoms with Crippen LogP contribution < -0.4 is 37.5 Å². The van der Waals surface area contributed by atoms with Crippen LogP contribution in [0.15, 0.2) is 64.5 Å². The van der Waals surface area contributed by atoms with E-state index >= 15 is 0 Å². The number of H-pyrrole nitrogens is 1. The van der Waals surface area contributed by atoms with Gasteiger partial charge in [0.15, 0.2) is 28.5 Å². The smallest absolute Gasteiger partial charge is 0.326 e. The molecule has 65 heavy (non-hydrogen) atoms. The highest BCUT2D eigenvalue weighted by molar-refractivity contribution is 5.99. The molecule has 24 heteroatoms. The van der Waals surface area contributed by atoms with Crippen molar-refractivity contribution in [2.45, 2.75) is 58.2 Å². The Morgan fingerprint density at radius 1 is 0.800 bits per heavy atom. The number of hydrogen-bond acceptors (Lipinski definition) is 17. The van der Waals surface area contributed by atoms with Crippen LogP contribution >= 0.6 is 0 Å². The number of carboxylic acids is 4. The summed E-state index contributed by atoms with van der Waals surface area (Å²) in [5.74, 6) is -4.38. The van der Waals surface area contributed by atoms with E-state index in [1.165, 1.54) is 12.1 Å². The summed E-state index contributed by atoms with van der Waals surface area (Å²) in [7, 11) is 1.84. The van der Waals surface area contributed by atoms with Gasteiger partial charge < -0.3 is 57.3 Å². The third-order valence-corrected chi connectivity index (χ3v) is 9.45. The van der Waals surface area contributed by atoms with Crippen molar-refractivity contribution in [1.29, 1.82) is 0 Å². The third kappa shape index (κ3) is 13.5. The van der Waals surface area contributed by atoms with E-state index in [1.54, 1.807) is 56.4 Å². The molecule has 24 nitrogen and oxygen atoms in total. The van der Waals surface area contributed by atoms with E-state index < -0.39 is 47.8 Å². The molecule has 5 aromatic rings. The first-order valence-corrected chi connectivity index (χ1v) is 19.7. The maximum Gasteiger partial charge on any atom is 0.326 e. The van der Waals surface area contributed by atoms with Crippen molar-refractivity contribution in [1.82, 2.24) is 40.5 Å². The molecule has 6 rings (SSSR count). The molecule has 2 atom stereocenters. The third-order valence-electron chi connectivity index (χ3n) is 9.45. The molecule has 1 aliphatic rings. The van der Waals surface area contributed by atoms with Crippen molar-refractivity contribution in [3.63, 3.8) is 0 Å². The lowest BCUT2D eigenvalue weighted by Gasteiger charge is -2.19. The molecule has 340 valence electrons. The van der Waals surface area contributed by atoms with E-state index in [9.17, 15) is 38.7 Å². The lowest BCUT2D eigenvalue weighted by Crippen LogP contribution is -2.41. The average Bonchev–Trinajstić information content (AvgIpc) is 3.26. The second kappa shape index (κ2) is 21.5. The molecule has 3 aromatic heterocycles. The molecule has 0 unspecified atom stereocenters. The molecule has 0 aliphatic carbocycles. The SMILES string of the molecule is Cc1nc(N)c2nc(CN(C)c3ccc(C(=O)N[C@@H](CCC(=O)O)C(=O)O)cc3)cnc2n1.Cc1nc2c(c(=O)[nH]1)N=C(CNc1ccc(C(=O)N[C@@H](CCC(=O)O)C(=O)O)cc1)CN2. The molecule has 1 aliphatic heterocycles. The molecule has 0 fully saturated rings. The lowest BCUT2D eigenvalue weighted by atomic mass is 10.1. The van der Waals surface area contributed by atoms with Crippen molar-refractivity contribution in [2.24, 2.45) is 4.99 Å². The zero-order valence-electron chi connectivity index (χ0n) is 35.2. The van der Waals surface area contributed by atoms with Gasteiger partial charge in [-0.1, -0.05) is 0 Å². The van der Waals surface area contributed by atoms with E-state index in [0.717, 1.165) is 5.69 Å². The maximum absolute atomic E-state index is 12.4. The quantitative estimate of drug-likeness (QED) is 0.0598. The number of aromatic amines is 1. The molecule has 0 saturated heterocycles. The molecule has 0 spiro atoms. The molecule has 0 radical (unpaired) electrons. The number of nitrogens with one attached hydrogen (secondary N) is 5. The number of aromatic nitrogens is 6. The summed E-state index contributed by atoms with van der Waals surface area (Å²) in [5.41, 5.74) is 9.96.